The van der Waals surface area contributed by atoms with Gasteiger partial charge in [0.05, 0.1) is 15.5 Å². The van der Waals surface area contributed by atoms with Gasteiger partial charge in [0.1, 0.15) is 12.0 Å². The van der Waals surface area contributed by atoms with Crippen molar-refractivity contribution in [3.63, 3.8) is 0 Å². The fourth-order valence-electron chi connectivity index (χ4n) is 1.69. The number of pyridine rings is 1. The highest BCUT2D eigenvalue weighted by Crippen LogP contribution is 2.27. The Balaban J connectivity index is 2.32. The highest BCUT2D eigenvalue weighted by Gasteiger charge is 2.12. The molecule has 2 N–H and O–H groups in total. The van der Waals surface area contributed by atoms with Crippen LogP contribution < -0.4 is 5.32 Å². The van der Waals surface area contributed by atoms with Gasteiger partial charge in [-0.25, -0.2) is 9.78 Å². The van der Waals surface area contributed by atoms with Crippen molar-refractivity contribution in [2.45, 2.75) is 6.92 Å². The van der Waals surface area contributed by atoms with Crippen LogP contribution in [0, 0.1) is 17.0 Å². The zero-order chi connectivity index (χ0) is 15.6. The molecule has 0 fully saturated rings. The topological polar surface area (TPSA) is 105 Å². The second kappa shape index (κ2) is 5.76. The molecule has 0 aliphatic heterocycles. The molecule has 0 unspecified atom stereocenters. The van der Waals surface area contributed by atoms with Gasteiger partial charge in [-0.15, -0.1) is 0 Å². The number of hydrogen-bond donors (Lipinski definition) is 2. The van der Waals surface area contributed by atoms with E-state index in [2.05, 4.69) is 10.3 Å². The molecule has 0 amide bonds. The Labute approximate surface area is 124 Å². The summed E-state index contributed by atoms with van der Waals surface area (Å²) in [5, 5.41) is 22.6. The van der Waals surface area contributed by atoms with Crippen LogP contribution in [0.4, 0.5) is 17.2 Å². The molecule has 0 saturated carbocycles. The number of carbonyl (C=O) groups is 1. The van der Waals surface area contributed by atoms with E-state index in [1.165, 1.54) is 12.1 Å². The third-order valence-corrected chi connectivity index (χ3v) is 3.06. The van der Waals surface area contributed by atoms with Crippen molar-refractivity contribution in [2.75, 3.05) is 5.32 Å². The predicted octanol–water partition coefficient (Wildman–Crippen LogP) is 3.39. The van der Waals surface area contributed by atoms with E-state index in [-0.39, 0.29) is 22.1 Å². The maximum atomic E-state index is 11.1. The fourth-order valence-corrected chi connectivity index (χ4v) is 1.89. The summed E-state index contributed by atoms with van der Waals surface area (Å²) in [6, 6.07) is 5.92. The molecule has 2 rings (SSSR count). The van der Waals surface area contributed by atoms with Gasteiger partial charge in [0, 0.05) is 11.8 Å². The number of aromatic nitrogens is 1. The number of nitrogens with zero attached hydrogens (tertiary/aromatic N) is 2. The van der Waals surface area contributed by atoms with Gasteiger partial charge in [-0.2, -0.15) is 0 Å². The maximum absolute atomic E-state index is 11.1. The monoisotopic (exact) mass is 307 g/mol. The van der Waals surface area contributed by atoms with E-state index >= 15 is 0 Å². The molecule has 0 spiro atoms. The molecular weight excluding hydrogens is 298 g/mol. The molecular formula is C13H10ClN3O4. The molecule has 0 saturated heterocycles. The molecule has 1 aromatic carbocycles. The molecule has 1 heterocycles. The number of hydrogen-bond acceptors (Lipinski definition) is 5. The molecule has 0 aliphatic carbocycles. The second-order valence-electron chi connectivity index (χ2n) is 4.24. The molecule has 0 bridgehead atoms. The third kappa shape index (κ3) is 3.26. The summed E-state index contributed by atoms with van der Waals surface area (Å²) >= 11 is 5.91. The zero-order valence-electron chi connectivity index (χ0n) is 10.8. The van der Waals surface area contributed by atoms with Crippen LogP contribution in [-0.2, 0) is 0 Å². The molecule has 8 heteroatoms. The Morgan fingerprint density at radius 3 is 2.71 bits per heavy atom. The van der Waals surface area contributed by atoms with Gasteiger partial charge in [-0.1, -0.05) is 17.7 Å². The number of rotatable bonds is 4. The van der Waals surface area contributed by atoms with E-state index in [1.54, 1.807) is 19.1 Å². The summed E-state index contributed by atoms with van der Waals surface area (Å²) < 4.78 is 0. The summed E-state index contributed by atoms with van der Waals surface area (Å²) in [7, 11) is 0. The zero-order valence-corrected chi connectivity index (χ0v) is 11.6. The van der Waals surface area contributed by atoms with Crippen molar-refractivity contribution in [3.05, 3.63) is 56.7 Å². The van der Waals surface area contributed by atoms with Crippen LogP contribution in [0.15, 0.2) is 30.5 Å². The molecule has 0 aliphatic rings. The predicted molar refractivity (Wildman–Crippen MR) is 77.3 cm³/mol. The van der Waals surface area contributed by atoms with E-state index in [9.17, 15) is 14.9 Å². The largest absolute Gasteiger partial charge is 0.478 e. The van der Waals surface area contributed by atoms with Crippen LogP contribution >= 0.6 is 11.6 Å². The Kier molecular flexibility index (Phi) is 4.04. The van der Waals surface area contributed by atoms with Crippen molar-refractivity contribution in [1.29, 1.82) is 0 Å². The van der Waals surface area contributed by atoms with Gasteiger partial charge in [0.25, 0.3) is 5.69 Å². The molecule has 0 atom stereocenters. The van der Waals surface area contributed by atoms with Gasteiger partial charge in [-0.05, 0) is 24.6 Å². The molecule has 0 radical (unpaired) electrons. The number of nitrogens with one attached hydrogen (secondary N) is 1. The standard InChI is InChI=1S/C13H10ClN3O4/c1-7-2-3-8(4-10(7)13(18)19)16-12-11(14)5-9(6-15-12)17(20)21/h2-6H,1H3,(H,15,16)(H,18,19). The van der Waals surface area contributed by atoms with Gasteiger partial charge < -0.3 is 10.4 Å². The first-order chi connectivity index (χ1) is 9.88. The number of halogens is 1. The van der Waals surface area contributed by atoms with Crippen molar-refractivity contribution >= 4 is 34.8 Å². The highest BCUT2D eigenvalue weighted by molar-refractivity contribution is 6.33. The van der Waals surface area contributed by atoms with E-state index in [4.69, 9.17) is 16.7 Å². The van der Waals surface area contributed by atoms with Gasteiger partial charge >= 0.3 is 5.97 Å². The smallest absolute Gasteiger partial charge is 0.336 e. The highest BCUT2D eigenvalue weighted by atomic mass is 35.5. The average Bonchev–Trinajstić information content (AvgIpc) is 2.42. The SMILES string of the molecule is Cc1ccc(Nc2ncc([N+](=O)[O-])cc2Cl)cc1C(=O)O. The number of benzene rings is 1. The minimum atomic E-state index is -1.04. The van der Waals surface area contributed by atoms with Crippen LogP contribution in [-0.4, -0.2) is 21.0 Å². The van der Waals surface area contributed by atoms with Crippen LogP contribution in [0.25, 0.3) is 0 Å². The summed E-state index contributed by atoms with van der Waals surface area (Å²) in [6.45, 7) is 1.68. The number of nitro groups is 1. The summed E-state index contributed by atoms with van der Waals surface area (Å²) in [4.78, 5) is 24.9. The molecule has 108 valence electrons. The first-order valence-corrected chi connectivity index (χ1v) is 6.17. The Bertz CT molecular complexity index is 733. The van der Waals surface area contributed by atoms with Crippen molar-refractivity contribution < 1.29 is 14.8 Å². The van der Waals surface area contributed by atoms with Crippen LogP contribution in [0.2, 0.25) is 5.02 Å². The first kappa shape index (κ1) is 14.7. The van der Waals surface area contributed by atoms with Crippen LogP contribution in [0.3, 0.4) is 0 Å². The lowest BCUT2D eigenvalue weighted by atomic mass is 10.1. The lowest BCUT2D eigenvalue weighted by molar-refractivity contribution is -0.385. The Hall–Kier alpha value is -2.67. The molecule has 1 aromatic heterocycles. The average molecular weight is 308 g/mol. The minimum Gasteiger partial charge on any atom is -0.478 e. The van der Waals surface area contributed by atoms with E-state index in [0.29, 0.717) is 11.3 Å². The number of carboxylic acids is 1. The number of carboxylic acid groups (broad SMARTS) is 1. The summed E-state index contributed by atoms with van der Waals surface area (Å²) in [5.41, 5.74) is 1.02. The van der Waals surface area contributed by atoms with Crippen molar-refractivity contribution in [2.24, 2.45) is 0 Å². The van der Waals surface area contributed by atoms with Crippen molar-refractivity contribution in [3.8, 4) is 0 Å². The molecule has 21 heavy (non-hydrogen) atoms. The third-order valence-electron chi connectivity index (χ3n) is 2.77. The number of anilines is 2. The van der Waals surface area contributed by atoms with E-state index < -0.39 is 10.9 Å². The van der Waals surface area contributed by atoms with Crippen molar-refractivity contribution in [1.82, 2.24) is 4.98 Å². The number of aromatic carboxylic acids is 1. The molecule has 7 nitrogen and oxygen atoms in total. The maximum Gasteiger partial charge on any atom is 0.336 e. The van der Waals surface area contributed by atoms with E-state index in [0.717, 1.165) is 6.20 Å². The molecule has 2 aromatic rings. The second-order valence-corrected chi connectivity index (χ2v) is 4.65. The Morgan fingerprint density at radius 2 is 2.14 bits per heavy atom. The summed E-state index contributed by atoms with van der Waals surface area (Å²) in [6.07, 6.45) is 1.07. The summed E-state index contributed by atoms with van der Waals surface area (Å²) in [5.74, 6) is -0.832. The minimum absolute atomic E-state index is 0.0710. The fraction of sp³-hybridized carbons (Fsp3) is 0.0769. The van der Waals surface area contributed by atoms with Gasteiger partial charge in [0.2, 0.25) is 0 Å². The lowest BCUT2D eigenvalue weighted by Gasteiger charge is -2.09. The van der Waals surface area contributed by atoms with Gasteiger partial charge in [-0.3, -0.25) is 10.1 Å². The number of aryl methyl sites for hydroxylation is 1. The van der Waals surface area contributed by atoms with E-state index in [1.807, 2.05) is 0 Å². The lowest BCUT2D eigenvalue weighted by Crippen LogP contribution is -2.02. The van der Waals surface area contributed by atoms with Crippen LogP contribution in [0.5, 0.6) is 0 Å². The Morgan fingerprint density at radius 1 is 1.43 bits per heavy atom. The first-order valence-electron chi connectivity index (χ1n) is 5.79. The normalized spacial score (nSPS) is 10.2. The quantitative estimate of drug-likeness (QED) is 0.662. The van der Waals surface area contributed by atoms with Crippen LogP contribution in [0.1, 0.15) is 15.9 Å². The van der Waals surface area contributed by atoms with Gasteiger partial charge in [0.15, 0.2) is 0 Å².